The van der Waals surface area contributed by atoms with Gasteiger partial charge in [-0.05, 0) is 50.6 Å². The number of benzene rings is 2. The minimum Gasteiger partial charge on any atom is -0.488 e. The van der Waals surface area contributed by atoms with Gasteiger partial charge >= 0.3 is 5.69 Å². The van der Waals surface area contributed by atoms with Crippen LogP contribution in [0.15, 0.2) is 56.2 Å². The summed E-state index contributed by atoms with van der Waals surface area (Å²) in [4.78, 5) is 12.1. The zero-order chi connectivity index (χ0) is 16.4. The lowest BCUT2D eigenvalue weighted by molar-refractivity contribution is 0.303. The molecule has 3 rings (SSSR count). The van der Waals surface area contributed by atoms with Crippen molar-refractivity contribution in [1.29, 1.82) is 0 Å². The lowest BCUT2D eigenvalue weighted by Crippen LogP contribution is -2.23. The van der Waals surface area contributed by atoms with Gasteiger partial charge in [-0.15, -0.1) is 0 Å². The van der Waals surface area contributed by atoms with Gasteiger partial charge in [-0.3, -0.25) is 0 Å². The topological polar surface area (TPSA) is 61.9 Å². The molecular weight excluding hydrogens is 428 g/mol. The van der Waals surface area contributed by atoms with E-state index < -0.39 is 0 Å². The van der Waals surface area contributed by atoms with Crippen LogP contribution in [0.5, 0.6) is 5.75 Å². The van der Waals surface area contributed by atoms with E-state index >= 15 is 0 Å². The van der Waals surface area contributed by atoms with Crippen molar-refractivity contribution in [2.75, 3.05) is 0 Å². The van der Waals surface area contributed by atoms with E-state index in [0.717, 1.165) is 20.3 Å². The number of tetrazole rings is 1. The molecule has 23 heavy (non-hydrogen) atoms. The van der Waals surface area contributed by atoms with E-state index in [1.807, 2.05) is 36.4 Å². The van der Waals surface area contributed by atoms with Gasteiger partial charge in [0.1, 0.15) is 12.4 Å². The molecule has 0 N–H and O–H groups in total. The Bertz CT molecular complexity index is 904. The second-order valence-electron chi connectivity index (χ2n) is 4.75. The number of aryl methyl sites for hydroxylation is 1. The van der Waals surface area contributed by atoms with Crippen LogP contribution in [0.2, 0.25) is 0 Å². The molecule has 3 aromatic rings. The third-order valence-electron chi connectivity index (χ3n) is 3.25. The molecule has 0 saturated heterocycles. The SMILES string of the molecule is Cn1nnn(-c2cccc(Br)c2COc2ccccc2Br)c1=O. The van der Waals surface area contributed by atoms with Gasteiger partial charge in [0.25, 0.3) is 0 Å². The lowest BCUT2D eigenvalue weighted by Gasteiger charge is -2.12. The summed E-state index contributed by atoms with van der Waals surface area (Å²) >= 11 is 6.95. The van der Waals surface area contributed by atoms with Gasteiger partial charge in [0.05, 0.1) is 10.2 Å². The van der Waals surface area contributed by atoms with E-state index in [9.17, 15) is 4.79 Å². The van der Waals surface area contributed by atoms with Crippen LogP contribution in [0.25, 0.3) is 5.69 Å². The van der Waals surface area contributed by atoms with Gasteiger partial charge in [0.2, 0.25) is 0 Å². The molecule has 8 heteroatoms. The molecule has 0 amide bonds. The third kappa shape index (κ3) is 3.23. The van der Waals surface area contributed by atoms with Gasteiger partial charge in [0.15, 0.2) is 0 Å². The van der Waals surface area contributed by atoms with Crippen molar-refractivity contribution >= 4 is 31.9 Å². The Labute approximate surface area is 148 Å². The van der Waals surface area contributed by atoms with E-state index in [1.54, 1.807) is 13.1 Å². The molecule has 0 aliphatic heterocycles. The minimum absolute atomic E-state index is 0.280. The number of nitrogens with zero attached hydrogens (tertiary/aromatic N) is 4. The summed E-state index contributed by atoms with van der Waals surface area (Å²) in [5.74, 6) is 0.723. The Hall–Kier alpha value is -1.93. The van der Waals surface area contributed by atoms with Crippen LogP contribution in [-0.4, -0.2) is 19.8 Å². The highest BCUT2D eigenvalue weighted by Gasteiger charge is 2.14. The maximum absolute atomic E-state index is 12.1. The lowest BCUT2D eigenvalue weighted by atomic mass is 10.2. The molecule has 0 aliphatic carbocycles. The molecular formula is C15H12Br2N4O2. The van der Waals surface area contributed by atoms with Crippen molar-refractivity contribution in [3.63, 3.8) is 0 Å². The average Bonchev–Trinajstić information content (AvgIpc) is 2.87. The van der Waals surface area contributed by atoms with Gasteiger partial charge in [0, 0.05) is 17.1 Å². The molecule has 0 unspecified atom stereocenters. The zero-order valence-corrected chi connectivity index (χ0v) is 15.3. The number of hydrogen-bond acceptors (Lipinski definition) is 4. The molecule has 1 heterocycles. The highest BCUT2D eigenvalue weighted by molar-refractivity contribution is 9.10. The first-order valence-electron chi connectivity index (χ1n) is 6.72. The summed E-state index contributed by atoms with van der Waals surface area (Å²) in [5.41, 5.74) is 1.13. The average molecular weight is 440 g/mol. The van der Waals surface area contributed by atoms with Gasteiger partial charge in [-0.2, -0.15) is 9.36 Å². The summed E-state index contributed by atoms with van der Waals surface area (Å²) < 4.78 is 10.00. The predicted molar refractivity (Wildman–Crippen MR) is 92.8 cm³/mol. The third-order valence-corrected chi connectivity index (χ3v) is 4.65. The first kappa shape index (κ1) is 15.9. The molecule has 6 nitrogen and oxygen atoms in total. The zero-order valence-electron chi connectivity index (χ0n) is 12.1. The standard InChI is InChI=1S/C15H12Br2N4O2/c1-20-15(22)21(19-18-20)13-7-4-6-11(16)10(13)9-23-14-8-3-2-5-12(14)17/h2-8H,9H2,1H3. The maximum Gasteiger partial charge on any atom is 0.368 e. The van der Waals surface area contributed by atoms with E-state index in [1.165, 1.54) is 9.36 Å². The predicted octanol–water partition coefficient (Wildman–Crippen LogP) is 3.07. The van der Waals surface area contributed by atoms with Crippen molar-refractivity contribution in [2.45, 2.75) is 6.61 Å². The van der Waals surface area contributed by atoms with Crippen LogP contribution in [0.1, 0.15) is 5.56 Å². The summed E-state index contributed by atoms with van der Waals surface area (Å²) in [5, 5.41) is 7.64. The molecule has 0 aliphatic rings. The van der Waals surface area contributed by atoms with E-state index in [-0.39, 0.29) is 12.3 Å². The maximum atomic E-state index is 12.1. The van der Waals surface area contributed by atoms with Crippen molar-refractivity contribution in [3.05, 3.63) is 67.5 Å². The normalized spacial score (nSPS) is 10.7. The molecule has 2 aromatic carbocycles. The molecule has 0 radical (unpaired) electrons. The van der Waals surface area contributed by atoms with E-state index in [0.29, 0.717) is 5.69 Å². The number of hydrogen-bond donors (Lipinski definition) is 0. The van der Waals surface area contributed by atoms with Gasteiger partial charge in [-0.25, -0.2) is 4.79 Å². The second-order valence-corrected chi connectivity index (χ2v) is 6.46. The molecule has 0 spiro atoms. The minimum atomic E-state index is -0.315. The fraction of sp³-hybridized carbons (Fsp3) is 0.133. The molecule has 0 atom stereocenters. The fourth-order valence-electron chi connectivity index (χ4n) is 2.07. The number of ether oxygens (including phenoxy) is 1. The Morgan fingerprint density at radius 1 is 1.04 bits per heavy atom. The molecule has 0 saturated carbocycles. The Morgan fingerprint density at radius 3 is 2.48 bits per heavy atom. The first-order valence-corrected chi connectivity index (χ1v) is 8.30. The smallest absolute Gasteiger partial charge is 0.368 e. The molecule has 1 aromatic heterocycles. The van der Waals surface area contributed by atoms with Crippen LogP contribution in [0, 0.1) is 0 Å². The van der Waals surface area contributed by atoms with Crippen molar-refractivity contribution in [1.82, 2.24) is 19.8 Å². The van der Waals surface area contributed by atoms with Crippen LogP contribution >= 0.6 is 31.9 Å². The molecule has 0 fully saturated rings. The Balaban J connectivity index is 1.98. The van der Waals surface area contributed by atoms with Crippen LogP contribution in [0.3, 0.4) is 0 Å². The number of rotatable bonds is 4. The second kappa shape index (κ2) is 6.67. The summed E-state index contributed by atoms with van der Waals surface area (Å²) in [6.07, 6.45) is 0. The summed E-state index contributed by atoms with van der Waals surface area (Å²) in [7, 11) is 1.56. The number of aromatic nitrogens is 4. The Kier molecular flexibility index (Phi) is 4.63. The molecule has 0 bridgehead atoms. The largest absolute Gasteiger partial charge is 0.488 e. The highest BCUT2D eigenvalue weighted by Crippen LogP contribution is 2.28. The van der Waals surface area contributed by atoms with Crippen molar-refractivity contribution in [3.8, 4) is 11.4 Å². The van der Waals surface area contributed by atoms with E-state index in [2.05, 4.69) is 42.3 Å². The van der Waals surface area contributed by atoms with Crippen LogP contribution in [-0.2, 0) is 13.7 Å². The summed E-state index contributed by atoms with van der Waals surface area (Å²) in [6.45, 7) is 0.280. The Morgan fingerprint density at radius 2 is 1.78 bits per heavy atom. The van der Waals surface area contributed by atoms with Gasteiger partial charge in [-0.1, -0.05) is 34.1 Å². The summed E-state index contributed by atoms with van der Waals surface area (Å²) in [6, 6.07) is 13.1. The monoisotopic (exact) mass is 438 g/mol. The fourth-order valence-corrected chi connectivity index (χ4v) is 2.93. The first-order chi connectivity index (χ1) is 11.1. The molecule has 118 valence electrons. The highest BCUT2D eigenvalue weighted by atomic mass is 79.9. The van der Waals surface area contributed by atoms with Crippen molar-refractivity contribution in [2.24, 2.45) is 7.05 Å². The number of para-hydroxylation sites is 1. The van der Waals surface area contributed by atoms with Crippen LogP contribution < -0.4 is 10.4 Å². The van der Waals surface area contributed by atoms with Gasteiger partial charge < -0.3 is 4.74 Å². The quantitative estimate of drug-likeness (QED) is 0.626. The number of halogens is 2. The van der Waals surface area contributed by atoms with Crippen molar-refractivity contribution < 1.29 is 4.74 Å². The van der Waals surface area contributed by atoms with Crippen LogP contribution in [0.4, 0.5) is 0 Å². The van der Waals surface area contributed by atoms with E-state index in [4.69, 9.17) is 4.74 Å².